The zero-order valence-electron chi connectivity index (χ0n) is 18.4. The first-order chi connectivity index (χ1) is 16.2. The van der Waals surface area contributed by atoms with Crippen LogP contribution in [-0.2, 0) is 7.05 Å². The summed E-state index contributed by atoms with van der Waals surface area (Å²) in [5, 5.41) is 3.08. The largest absolute Gasteiger partial charge is 0.399 e. The Bertz CT molecular complexity index is 1670. The lowest BCUT2D eigenvalue weighted by Gasteiger charge is -2.20. The van der Waals surface area contributed by atoms with Crippen molar-refractivity contribution < 1.29 is 4.39 Å². The van der Waals surface area contributed by atoms with Gasteiger partial charge >= 0.3 is 5.69 Å². The fourth-order valence-corrected chi connectivity index (χ4v) is 4.69. The topological polar surface area (TPSA) is 104 Å². The minimum Gasteiger partial charge on any atom is -0.399 e. The molecule has 0 amide bonds. The van der Waals surface area contributed by atoms with E-state index in [0.717, 1.165) is 0 Å². The number of aromatic nitrogens is 3. The van der Waals surface area contributed by atoms with Gasteiger partial charge in [-0.3, -0.25) is 23.3 Å². The number of nitrogens with zero attached hydrogens (tertiary/aromatic N) is 3. The van der Waals surface area contributed by atoms with Crippen molar-refractivity contribution in [1.82, 2.24) is 13.7 Å². The molecule has 4 aromatic rings. The summed E-state index contributed by atoms with van der Waals surface area (Å²) in [5.41, 5.74) is 5.89. The standard InChI is InChI=1S/C24H21FIN5O3/c1-12-20-19(21(29(2)22(12)32)28-18-9-6-13(26)10-17(18)25)23(33)31(15-7-8-15)24(34)30(20)16-5-3-4-14(27)11-16/h3-6,9-11,15,28H,7-8,27H2,1-2H3. The minimum atomic E-state index is -0.534. The zero-order chi connectivity index (χ0) is 24.3. The van der Waals surface area contributed by atoms with Crippen molar-refractivity contribution in [2.75, 3.05) is 11.1 Å². The summed E-state index contributed by atoms with van der Waals surface area (Å²) in [6.07, 6.45) is 1.41. The molecule has 2 aromatic heterocycles. The lowest BCUT2D eigenvalue weighted by Crippen LogP contribution is -2.41. The van der Waals surface area contributed by atoms with Crippen LogP contribution in [0.2, 0.25) is 0 Å². The lowest BCUT2D eigenvalue weighted by atomic mass is 10.1. The van der Waals surface area contributed by atoms with E-state index in [9.17, 15) is 18.8 Å². The molecule has 34 heavy (non-hydrogen) atoms. The molecule has 0 atom stereocenters. The smallest absolute Gasteiger partial charge is 0.336 e. The van der Waals surface area contributed by atoms with Gasteiger partial charge in [0.15, 0.2) is 0 Å². The summed E-state index contributed by atoms with van der Waals surface area (Å²) < 4.78 is 19.3. The number of halogens is 2. The molecular weight excluding hydrogens is 552 g/mol. The van der Waals surface area contributed by atoms with Crippen LogP contribution >= 0.6 is 22.6 Å². The van der Waals surface area contributed by atoms with E-state index in [2.05, 4.69) is 5.32 Å². The van der Waals surface area contributed by atoms with E-state index in [1.165, 1.54) is 26.8 Å². The molecule has 0 unspecified atom stereocenters. The first-order valence-corrected chi connectivity index (χ1v) is 11.8. The number of rotatable bonds is 4. The maximum Gasteiger partial charge on any atom is 0.336 e. The van der Waals surface area contributed by atoms with Crippen molar-refractivity contribution in [2.45, 2.75) is 25.8 Å². The Kier molecular flexibility index (Phi) is 5.34. The summed E-state index contributed by atoms with van der Waals surface area (Å²) in [7, 11) is 1.51. The number of fused-ring (bicyclic) bond motifs is 1. The molecule has 0 aliphatic heterocycles. The van der Waals surface area contributed by atoms with Gasteiger partial charge in [0, 0.05) is 27.9 Å². The summed E-state index contributed by atoms with van der Waals surface area (Å²) in [6.45, 7) is 1.57. The summed E-state index contributed by atoms with van der Waals surface area (Å²) in [5.74, 6) is -0.414. The fourth-order valence-electron chi connectivity index (χ4n) is 4.24. The molecule has 174 valence electrons. The Balaban J connectivity index is 1.95. The van der Waals surface area contributed by atoms with Gasteiger partial charge in [-0.15, -0.1) is 0 Å². The monoisotopic (exact) mass is 573 g/mol. The van der Waals surface area contributed by atoms with E-state index in [1.54, 1.807) is 43.3 Å². The third kappa shape index (κ3) is 3.52. The minimum absolute atomic E-state index is 0.111. The predicted octanol–water partition coefficient (Wildman–Crippen LogP) is 3.56. The van der Waals surface area contributed by atoms with E-state index in [1.807, 2.05) is 22.6 Å². The van der Waals surface area contributed by atoms with Gasteiger partial charge in [0.2, 0.25) is 0 Å². The van der Waals surface area contributed by atoms with Crippen LogP contribution in [-0.4, -0.2) is 13.7 Å². The second-order valence-corrected chi connectivity index (χ2v) is 9.68. The van der Waals surface area contributed by atoms with E-state index < -0.39 is 22.6 Å². The quantitative estimate of drug-likeness (QED) is 0.287. The molecule has 8 nitrogen and oxygen atoms in total. The fraction of sp³-hybridized carbons (Fsp3) is 0.208. The molecule has 10 heteroatoms. The van der Waals surface area contributed by atoms with Crippen LogP contribution in [0, 0.1) is 16.3 Å². The number of nitrogens with one attached hydrogen (secondary N) is 1. The first-order valence-electron chi connectivity index (χ1n) is 10.7. The average molecular weight is 573 g/mol. The van der Waals surface area contributed by atoms with E-state index in [4.69, 9.17) is 5.73 Å². The molecule has 5 rings (SSSR count). The highest BCUT2D eigenvalue weighted by Crippen LogP contribution is 2.34. The number of aryl methyl sites for hydroxylation is 1. The molecule has 1 aliphatic rings. The summed E-state index contributed by atoms with van der Waals surface area (Å²) in [6, 6.07) is 11.1. The maximum atomic E-state index is 14.7. The lowest BCUT2D eigenvalue weighted by molar-refractivity contribution is 0.630. The van der Waals surface area contributed by atoms with E-state index in [-0.39, 0.29) is 34.0 Å². The zero-order valence-corrected chi connectivity index (χ0v) is 20.6. The molecule has 2 heterocycles. The van der Waals surface area contributed by atoms with Crippen LogP contribution in [0.3, 0.4) is 0 Å². The molecular formula is C24H21FIN5O3. The first kappa shape index (κ1) is 22.4. The highest BCUT2D eigenvalue weighted by Gasteiger charge is 2.31. The number of anilines is 3. The Morgan fingerprint density at radius 1 is 1.09 bits per heavy atom. The van der Waals surface area contributed by atoms with Crippen LogP contribution in [0.15, 0.2) is 56.8 Å². The molecule has 0 saturated heterocycles. The van der Waals surface area contributed by atoms with E-state index in [0.29, 0.717) is 27.8 Å². The maximum absolute atomic E-state index is 14.7. The Labute approximate surface area is 206 Å². The van der Waals surface area contributed by atoms with Crippen molar-refractivity contribution in [1.29, 1.82) is 0 Å². The summed E-state index contributed by atoms with van der Waals surface area (Å²) >= 11 is 2.00. The van der Waals surface area contributed by atoms with Gasteiger partial charge in [-0.05, 0) is 78.8 Å². The van der Waals surface area contributed by atoms with Crippen molar-refractivity contribution >= 4 is 50.7 Å². The molecule has 1 aliphatic carbocycles. The molecule has 1 fully saturated rings. The summed E-state index contributed by atoms with van der Waals surface area (Å²) in [4.78, 5) is 40.5. The second kappa shape index (κ2) is 8.12. The third-order valence-electron chi connectivity index (χ3n) is 6.07. The van der Waals surface area contributed by atoms with Gasteiger partial charge in [-0.1, -0.05) is 6.07 Å². The van der Waals surface area contributed by atoms with Crippen LogP contribution < -0.4 is 27.9 Å². The highest BCUT2D eigenvalue weighted by atomic mass is 127. The number of nitrogens with two attached hydrogens (primary N) is 1. The number of nitrogen functional groups attached to an aromatic ring is 1. The molecule has 0 spiro atoms. The van der Waals surface area contributed by atoms with Gasteiger partial charge < -0.3 is 11.1 Å². The van der Waals surface area contributed by atoms with Crippen LogP contribution in [0.25, 0.3) is 16.6 Å². The number of benzene rings is 2. The van der Waals surface area contributed by atoms with Gasteiger partial charge in [0.1, 0.15) is 17.0 Å². The van der Waals surface area contributed by atoms with Crippen molar-refractivity contribution in [3.63, 3.8) is 0 Å². The number of hydrogen-bond acceptors (Lipinski definition) is 5. The molecule has 2 aromatic carbocycles. The van der Waals surface area contributed by atoms with Crippen molar-refractivity contribution in [3.05, 3.63) is 88.6 Å². The third-order valence-corrected chi connectivity index (χ3v) is 6.74. The van der Waals surface area contributed by atoms with Gasteiger partial charge in [-0.25, -0.2) is 9.18 Å². The number of hydrogen-bond donors (Lipinski definition) is 2. The van der Waals surface area contributed by atoms with Gasteiger partial charge in [-0.2, -0.15) is 0 Å². The van der Waals surface area contributed by atoms with Crippen LogP contribution in [0.4, 0.5) is 21.6 Å². The Morgan fingerprint density at radius 3 is 2.47 bits per heavy atom. The van der Waals surface area contributed by atoms with Crippen LogP contribution in [0.5, 0.6) is 0 Å². The van der Waals surface area contributed by atoms with Crippen molar-refractivity contribution in [3.8, 4) is 5.69 Å². The van der Waals surface area contributed by atoms with Gasteiger partial charge in [0.05, 0.1) is 16.9 Å². The van der Waals surface area contributed by atoms with Gasteiger partial charge in [0.25, 0.3) is 11.1 Å². The SMILES string of the molecule is Cc1c(=O)n(C)c(Nc2ccc(I)cc2F)c2c(=O)n(C3CC3)c(=O)n(-c3cccc(N)c3)c12. The highest BCUT2D eigenvalue weighted by molar-refractivity contribution is 14.1. The molecule has 1 saturated carbocycles. The predicted molar refractivity (Wildman–Crippen MR) is 139 cm³/mol. The van der Waals surface area contributed by atoms with E-state index >= 15 is 0 Å². The normalized spacial score (nSPS) is 13.4. The molecule has 3 N–H and O–H groups in total. The van der Waals surface area contributed by atoms with Crippen LogP contribution in [0.1, 0.15) is 24.4 Å². The van der Waals surface area contributed by atoms with Crippen molar-refractivity contribution in [2.24, 2.45) is 7.05 Å². The average Bonchev–Trinajstić information content (AvgIpc) is 3.62. The number of pyridine rings is 1. The Morgan fingerprint density at radius 2 is 1.82 bits per heavy atom. The molecule has 0 radical (unpaired) electrons. The Hall–Kier alpha value is -3.41. The molecule has 0 bridgehead atoms. The second-order valence-electron chi connectivity index (χ2n) is 8.43.